The van der Waals surface area contributed by atoms with Crippen molar-refractivity contribution >= 4 is 22.8 Å². The summed E-state index contributed by atoms with van der Waals surface area (Å²) in [4.78, 5) is 3.88. The van der Waals surface area contributed by atoms with Crippen molar-refractivity contribution in [2.75, 3.05) is 5.73 Å². The number of aromatic nitrogens is 7. The molecule has 9 nitrogen and oxygen atoms in total. The number of nitrogens with two attached hydrogens (primary N) is 1. The fraction of sp³-hybridized carbons (Fsp3) is 0. The molecule has 0 aliphatic rings. The van der Waals surface area contributed by atoms with Crippen LogP contribution in [0.3, 0.4) is 0 Å². The van der Waals surface area contributed by atoms with E-state index in [1.807, 2.05) is 0 Å². The lowest BCUT2D eigenvalue weighted by Gasteiger charge is -1.91. The predicted octanol–water partition coefficient (Wildman–Crippen LogP) is -1.36. The largest absolute Gasteiger partial charge is 0.380 e. The monoisotopic (exact) mass is 178 g/mol. The highest BCUT2D eigenvalue weighted by Crippen LogP contribution is 2.12. The fourth-order valence-electron chi connectivity index (χ4n) is 1.04. The summed E-state index contributed by atoms with van der Waals surface area (Å²) in [6.07, 6.45) is 0. The summed E-state index contributed by atoms with van der Waals surface area (Å²) in [5.41, 5.74) is 6.50. The highest BCUT2D eigenvalue weighted by Gasteiger charge is 2.12. The van der Waals surface area contributed by atoms with E-state index in [0.717, 1.165) is 0 Å². The number of nitrogens with zero attached hydrogens (tertiary/aromatic N) is 7. The van der Waals surface area contributed by atoms with Crippen molar-refractivity contribution in [3.05, 3.63) is 0 Å². The van der Waals surface area contributed by atoms with Crippen molar-refractivity contribution in [2.45, 2.75) is 0 Å². The first-order valence-corrected chi connectivity index (χ1v) is 3.32. The number of hydrogen-bond donors (Lipinski definition) is 1. The van der Waals surface area contributed by atoms with E-state index in [4.69, 9.17) is 5.73 Å². The van der Waals surface area contributed by atoms with Gasteiger partial charge in [-0.05, 0) is 20.7 Å². The van der Waals surface area contributed by atoms with Crippen LogP contribution < -0.4 is 5.73 Å². The average Bonchev–Trinajstić information content (AvgIpc) is 2.66. The van der Waals surface area contributed by atoms with Crippen LogP contribution in [0.2, 0.25) is 0 Å². The van der Waals surface area contributed by atoms with Crippen LogP contribution >= 0.6 is 0 Å². The Kier molecular flexibility index (Phi) is 0.902. The molecule has 9 heteroatoms. The number of nitrogen functional groups attached to an aromatic ring is 1. The smallest absolute Gasteiger partial charge is 0.248 e. The molecule has 0 amide bonds. The number of hydrogen-bond acceptors (Lipinski definition) is 8. The Morgan fingerprint density at radius 3 is 3.08 bits per heavy atom. The van der Waals surface area contributed by atoms with Gasteiger partial charge in [0.05, 0.1) is 0 Å². The molecule has 0 fully saturated rings. The average molecular weight is 178 g/mol. The predicted molar refractivity (Wildman–Crippen MR) is 38.4 cm³/mol. The van der Waals surface area contributed by atoms with Gasteiger partial charge in [-0.15, -0.1) is 5.10 Å². The van der Waals surface area contributed by atoms with Crippen molar-refractivity contribution in [3.63, 3.8) is 0 Å². The molecule has 0 atom stereocenters. The maximum Gasteiger partial charge on any atom is 0.248 e. The van der Waals surface area contributed by atoms with Gasteiger partial charge in [0, 0.05) is 0 Å². The van der Waals surface area contributed by atoms with Gasteiger partial charge < -0.3 is 5.73 Å². The Bertz CT molecular complexity index is 580. The topological polar surface area (TPSA) is 121 Å². The SMILES string of the molecule is Nc1nc2nonc2n2nnnc12. The van der Waals surface area contributed by atoms with Crippen LogP contribution in [-0.2, 0) is 0 Å². The molecule has 13 heavy (non-hydrogen) atoms. The Balaban J connectivity index is 2.70. The van der Waals surface area contributed by atoms with Crippen molar-refractivity contribution in [1.82, 2.24) is 35.3 Å². The normalized spacial score (nSPS) is 11.4. The van der Waals surface area contributed by atoms with E-state index in [9.17, 15) is 0 Å². The minimum atomic E-state index is 0.188. The van der Waals surface area contributed by atoms with Crippen molar-refractivity contribution < 1.29 is 4.63 Å². The van der Waals surface area contributed by atoms with E-state index in [1.165, 1.54) is 4.52 Å². The van der Waals surface area contributed by atoms with Crippen molar-refractivity contribution in [3.8, 4) is 0 Å². The van der Waals surface area contributed by atoms with Crippen LogP contribution in [0.4, 0.5) is 5.82 Å². The molecular formula is C4H2N8O. The number of tetrazole rings is 1. The van der Waals surface area contributed by atoms with E-state index in [0.29, 0.717) is 11.3 Å². The molecule has 0 aromatic carbocycles. The maximum atomic E-state index is 5.54. The first-order valence-electron chi connectivity index (χ1n) is 3.32. The van der Waals surface area contributed by atoms with Crippen LogP contribution in [0.1, 0.15) is 0 Å². The summed E-state index contributed by atoms with van der Waals surface area (Å²) in [5, 5.41) is 17.8. The van der Waals surface area contributed by atoms with E-state index in [-0.39, 0.29) is 11.5 Å². The third-order valence-corrected chi connectivity index (χ3v) is 1.58. The molecule has 3 heterocycles. The van der Waals surface area contributed by atoms with Gasteiger partial charge in [0.1, 0.15) is 0 Å². The number of rotatable bonds is 0. The second kappa shape index (κ2) is 1.88. The standard InChI is InChI=1S/C4H2N8O/c5-1-3-7-10-11-12(3)4-2(6-1)8-13-9-4/h(H2,5,6,8). The molecule has 2 N–H and O–H groups in total. The zero-order valence-corrected chi connectivity index (χ0v) is 6.12. The summed E-state index contributed by atoms with van der Waals surface area (Å²) in [7, 11) is 0. The van der Waals surface area contributed by atoms with Crippen LogP contribution in [0.5, 0.6) is 0 Å². The van der Waals surface area contributed by atoms with Gasteiger partial charge in [0.15, 0.2) is 5.82 Å². The van der Waals surface area contributed by atoms with Gasteiger partial charge in [0.2, 0.25) is 16.9 Å². The van der Waals surface area contributed by atoms with E-state index < -0.39 is 0 Å². The van der Waals surface area contributed by atoms with Crippen LogP contribution in [-0.4, -0.2) is 35.3 Å². The van der Waals surface area contributed by atoms with Gasteiger partial charge in [-0.1, -0.05) is 0 Å². The molecule has 64 valence electrons. The van der Waals surface area contributed by atoms with Gasteiger partial charge >= 0.3 is 0 Å². The van der Waals surface area contributed by atoms with Crippen LogP contribution in [0.15, 0.2) is 4.63 Å². The Hall–Kier alpha value is -2.32. The molecule has 0 unspecified atom stereocenters. The van der Waals surface area contributed by atoms with Crippen molar-refractivity contribution in [2.24, 2.45) is 0 Å². The molecule has 3 rings (SSSR count). The molecule has 0 saturated carbocycles. The second-order valence-corrected chi connectivity index (χ2v) is 2.32. The third-order valence-electron chi connectivity index (χ3n) is 1.58. The molecular weight excluding hydrogens is 176 g/mol. The Labute approximate surface area is 69.5 Å². The van der Waals surface area contributed by atoms with Crippen LogP contribution in [0.25, 0.3) is 16.9 Å². The fourth-order valence-corrected chi connectivity index (χ4v) is 1.04. The molecule has 0 aliphatic carbocycles. The molecule has 0 radical (unpaired) electrons. The lowest BCUT2D eigenvalue weighted by Crippen LogP contribution is -1.99. The molecule has 3 aromatic rings. The zero-order valence-electron chi connectivity index (χ0n) is 6.12. The summed E-state index contributed by atoms with van der Waals surface area (Å²) < 4.78 is 5.78. The number of fused-ring (bicyclic) bond motifs is 3. The summed E-state index contributed by atoms with van der Waals surface area (Å²) in [6, 6.07) is 0. The van der Waals surface area contributed by atoms with Gasteiger partial charge in [0.25, 0.3) is 0 Å². The third kappa shape index (κ3) is 0.648. The molecule has 0 bridgehead atoms. The summed E-state index contributed by atoms with van der Waals surface area (Å²) in [5.74, 6) is 0.188. The lowest BCUT2D eigenvalue weighted by atomic mass is 10.6. The minimum Gasteiger partial charge on any atom is -0.380 e. The van der Waals surface area contributed by atoms with Gasteiger partial charge in [-0.3, -0.25) is 0 Å². The zero-order chi connectivity index (χ0) is 8.84. The van der Waals surface area contributed by atoms with E-state index in [1.54, 1.807) is 0 Å². The molecule has 3 aromatic heterocycles. The molecule has 0 saturated heterocycles. The maximum absolute atomic E-state index is 5.54. The van der Waals surface area contributed by atoms with E-state index in [2.05, 4.69) is 35.5 Å². The molecule has 0 aliphatic heterocycles. The highest BCUT2D eigenvalue weighted by atomic mass is 16.6. The van der Waals surface area contributed by atoms with Gasteiger partial charge in [-0.2, -0.15) is 4.52 Å². The first kappa shape index (κ1) is 6.22. The number of anilines is 1. The molecule has 0 spiro atoms. The summed E-state index contributed by atoms with van der Waals surface area (Å²) >= 11 is 0. The van der Waals surface area contributed by atoms with Gasteiger partial charge in [-0.25, -0.2) is 9.61 Å². The van der Waals surface area contributed by atoms with Crippen LogP contribution in [0, 0.1) is 0 Å². The lowest BCUT2D eigenvalue weighted by molar-refractivity contribution is 0.313. The summed E-state index contributed by atoms with van der Waals surface area (Å²) in [6.45, 7) is 0. The Morgan fingerprint density at radius 2 is 2.15 bits per heavy atom. The minimum absolute atomic E-state index is 0.188. The highest BCUT2D eigenvalue weighted by molar-refractivity contribution is 5.73. The van der Waals surface area contributed by atoms with Crippen molar-refractivity contribution in [1.29, 1.82) is 0 Å². The first-order chi connectivity index (χ1) is 6.36. The quantitative estimate of drug-likeness (QED) is 0.447. The van der Waals surface area contributed by atoms with E-state index >= 15 is 0 Å². The second-order valence-electron chi connectivity index (χ2n) is 2.32. The Morgan fingerprint density at radius 1 is 1.23 bits per heavy atom.